The van der Waals surface area contributed by atoms with Crippen LogP contribution in [0.3, 0.4) is 0 Å². The molecule has 0 radical (unpaired) electrons. The maximum Gasteiger partial charge on any atom is 0.232 e. The molecule has 3 N–H and O–H groups in total. The lowest BCUT2D eigenvalue weighted by atomic mass is 10.2. The summed E-state index contributed by atoms with van der Waals surface area (Å²) in [6.07, 6.45) is 0.186. The van der Waals surface area contributed by atoms with Gasteiger partial charge in [0.15, 0.2) is 5.13 Å². The third kappa shape index (κ3) is 4.62. The van der Waals surface area contributed by atoms with E-state index in [0.717, 1.165) is 10.6 Å². The summed E-state index contributed by atoms with van der Waals surface area (Å²) in [5.74, 6) is -0.686. The zero-order chi connectivity index (χ0) is 17.8. The van der Waals surface area contributed by atoms with Gasteiger partial charge in [0, 0.05) is 16.3 Å². The number of carbonyl (C=O) groups is 2. The summed E-state index contributed by atoms with van der Waals surface area (Å²) in [4.78, 5) is 31.6. The molecule has 0 atom stereocenters. The van der Waals surface area contributed by atoms with E-state index in [0.29, 0.717) is 21.5 Å². The number of rotatable bonds is 6. The topological polar surface area (TPSA) is 98.0 Å². The number of anilines is 1. The van der Waals surface area contributed by atoms with Gasteiger partial charge in [-0.2, -0.15) is 0 Å². The van der Waals surface area contributed by atoms with Gasteiger partial charge in [-0.3, -0.25) is 9.59 Å². The Kier molecular flexibility index (Phi) is 5.42. The van der Waals surface area contributed by atoms with Crippen molar-refractivity contribution in [3.05, 3.63) is 51.4 Å². The lowest BCUT2D eigenvalue weighted by Crippen LogP contribution is -2.15. The van der Waals surface area contributed by atoms with Crippen molar-refractivity contribution in [3.63, 3.8) is 0 Å². The van der Waals surface area contributed by atoms with Gasteiger partial charge in [0.05, 0.1) is 29.3 Å². The number of aromatic nitrogens is 2. The summed E-state index contributed by atoms with van der Waals surface area (Å²) in [7, 11) is 0. The van der Waals surface area contributed by atoms with Crippen LogP contribution in [0, 0.1) is 0 Å². The fourth-order valence-electron chi connectivity index (χ4n) is 2.10. The van der Waals surface area contributed by atoms with Gasteiger partial charge in [0.1, 0.15) is 5.01 Å². The van der Waals surface area contributed by atoms with Crippen LogP contribution in [0.15, 0.2) is 35.0 Å². The van der Waals surface area contributed by atoms with Gasteiger partial charge < -0.3 is 11.1 Å². The van der Waals surface area contributed by atoms with Crippen molar-refractivity contribution >= 4 is 51.2 Å². The van der Waals surface area contributed by atoms with Crippen molar-refractivity contribution in [2.75, 3.05) is 5.32 Å². The second-order valence-corrected chi connectivity index (χ2v) is 7.26. The molecule has 0 fully saturated rings. The predicted octanol–water partition coefficient (Wildman–Crippen LogP) is 3.13. The lowest BCUT2D eigenvalue weighted by molar-refractivity contribution is -0.117. The summed E-state index contributed by atoms with van der Waals surface area (Å²) in [6.45, 7) is 0. The molecule has 0 bridgehead atoms. The number of primary amides is 1. The van der Waals surface area contributed by atoms with Crippen molar-refractivity contribution < 1.29 is 9.59 Å². The van der Waals surface area contributed by atoms with Crippen LogP contribution in [0.25, 0.3) is 10.6 Å². The molecule has 6 nitrogen and oxygen atoms in total. The minimum Gasteiger partial charge on any atom is -0.369 e. The summed E-state index contributed by atoms with van der Waals surface area (Å²) in [5, 5.41) is 8.05. The fourth-order valence-corrected chi connectivity index (χ4v) is 3.96. The number of carbonyl (C=O) groups excluding carboxylic acids is 2. The highest BCUT2D eigenvalue weighted by molar-refractivity contribution is 7.14. The van der Waals surface area contributed by atoms with E-state index in [1.54, 1.807) is 11.4 Å². The van der Waals surface area contributed by atoms with Crippen LogP contribution in [0.4, 0.5) is 5.13 Å². The number of benzene rings is 1. The Balaban J connectivity index is 1.63. The van der Waals surface area contributed by atoms with E-state index in [4.69, 9.17) is 17.3 Å². The van der Waals surface area contributed by atoms with Crippen LogP contribution in [0.2, 0.25) is 5.02 Å². The van der Waals surface area contributed by atoms with E-state index in [-0.39, 0.29) is 18.7 Å². The molecule has 1 aromatic carbocycles. The molecule has 9 heteroatoms. The third-order valence-corrected chi connectivity index (χ3v) is 5.21. The van der Waals surface area contributed by atoms with E-state index in [9.17, 15) is 9.59 Å². The molecule has 0 saturated heterocycles. The highest BCUT2D eigenvalue weighted by Crippen LogP contribution is 2.30. The van der Waals surface area contributed by atoms with Gasteiger partial charge in [0.2, 0.25) is 11.8 Å². The summed E-state index contributed by atoms with van der Waals surface area (Å²) < 4.78 is 0. The highest BCUT2D eigenvalue weighted by atomic mass is 35.5. The van der Waals surface area contributed by atoms with Crippen molar-refractivity contribution in [1.82, 2.24) is 9.97 Å². The largest absolute Gasteiger partial charge is 0.369 e. The zero-order valence-corrected chi connectivity index (χ0v) is 15.2. The van der Waals surface area contributed by atoms with E-state index < -0.39 is 5.91 Å². The van der Waals surface area contributed by atoms with E-state index >= 15 is 0 Å². The van der Waals surface area contributed by atoms with Crippen LogP contribution in [0.5, 0.6) is 0 Å². The zero-order valence-electron chi connectivity index (χ0n) is 12.9. The Morgan fingerprint density at radius 3 is 2.56 bits per heavy atom. The number of nitrogens with zero attached hydrogens (tertiary/aromatic N) is 2. The molecule has 0 saturated carbocycles. The van der Waals surface area contributed by atoms with Crippen molar-refractivity contribution in [3.8, 4) is 10.6 Å². The molecular formula is C16H13ClN4O2S2. The number of hydrogen-bond acceptors (Lipinski definition) is 6. The first-order chi connectivity index (χ1) is 12.0. The lowest BCUT2D eigenvalue weighted by Gasteiger charge is -2.00. The van der Waals surface area contributed by atoms with Crippen LogP contribution in [-0.4, -0.2) is 21.8 Å². The second-order valence-electron chi connectivity index (χ2n) is 5.14. The van der Waals surface area contributed by atoms with Gasteiger partial charge in [-0.25, -0.2) is 9.97 Å². The van der Waals surface area contributed by atoms with Crippen molar-refractivity contribution in [2.45, 2.75) is 12.8 Å². The van der Waals surface area contributed by atoms with Gasteiger partial charge in [-0.15, -0.1) is 22.7 Å². The maximum atomic E-state index is 12.1. The fraction of sp³-hybridized carbons (Fsp3) is 0.125. The SMILES string of the molecule is NC(=O)Cc1csc(NC(=O)Cc2csc(-c3ccccc3Cl)n2)n1. The Bertz CT molecular complexity index is 922. The summed E-state index contributed by atoms with van der Waals surface area (Å²) >= 11 is 8.85. The molecule has 0 unspecified atom stereocenters. The first kappa shape index (κ1) is 17.5. The molecule has 128 valence electrons. The molecule has 3 rings (SSSR count). The molecule has 0 aliphatic heterocycles. The van der Waals surface area contributed by atoms with Crippen LogP contribution in [0.1, 0.15) is 11.4 Å². The molecule has 3 aromatic rings. The van der Waals surface area contributed by atoms with Gasteiger partial charge >= 0.3 is 0 Å². The van der Waals surface area contributed by atoms with Crippen LogP contribution >= 0.6 is 34.3 Å². The monoisotopic (exact) mass is 392 g/mol. The summed E-state index contributed by atoms with van der Waals surface area (Å²) in [6, 6.07) is 7.44. The highest BCUT2D eigenvalue weighted by Gasteiger charge is 2.13. The Labute approximate surface area is 156 Å². The third-order valence-electron chi connectivity index (χ3n) is 3.15. The quantitative estimate of drug-likeness (QED) is 0.673. The van der Waals surface area contributed by atoms with Crippen molar-refractivity contribution in [2.24, 2.45) is 5.73 Å². The average Bonchev–Trinajstić information content (AvgIpc) is 3.17. The molecule has 0 spiro atoms. The maximum absolute atomic E-state index is 12.1. The molecule has 25 heavy (non-hydrogen) atoms. The van der Waals surface area contributed by atoms with Crippen LogP contribution < -0.4 is 11.1 Å². The average molecular weight is 393 g/mol. The summed E-state index contributed by atoms with van der Waals surface area (Å²) in [5.41, 5.74) is 7.17. The minimum atomic E-state index is -0.460. The normalized spacial score (nSPS) is 10.6. The van der Waals surface area contributed by atoms with Gasteiger partial charge in [-0.1, -0.05) is 29.8 Å². The minimum absolute atomic E-state index is 0.0552. The first-order valence-electron chi connectivity index (χ1n) is 7.23. The second kappa shape index (κ2) is 7.73. The van der Waals surface area contributed by atoms with Gasteiger partial charge in [-0.05, 0) is 6.07 Å². The van der Waals surface area contributed by atoms with E-state index in [1.807, 2.05) is 23.6 Å². The van der Waals surface area contributed by atoms with Crippen molar-refractivity contribution in [1.29, 1.82) is 0 Å². The number of thiazole rings is 2. The Morgan fingerprint density at radius 2 is 1.80 bits per heavy atom. The number of hydrogen-bond donors (Lipinski definition) is 2. The Hall–Kier alpha value is -2.29. The number of nitrogens with one attached hydrogen (secondary N) is 1. The smallest absolute Gasteiger partial charge is 0.232 e. The van der Waals surface area contributed by atoms with Crippen LogP contribution in [-0.2, 0) is 22.4 Å². The van der Waals surface area contributed by atoms with Gasteiger partial charge in [0.25, 0.3) is 0 Å². The van der Waals surface area contributed by atoms with E-state index in [1.165, 1.54) is 22.7 Å². The first-order valence-corrected chi connectivity index (χ1v) is 9.37. The standard InChI is InChI=1S/C16H13ClN4O2S2/c17-12-4-2-1-3-11(12)15-19-10(7-24-15)6-14(23)21-16-20-9(8-25-16)5-13(18)22/h1-4,7-8H,5-6H2,(H2,18,22)(H,20,21,23). The number of halogens is 1. The number of amides is 2. The molecular weight excluding hydrogens is 380 g/mol. The molecule has 2 heterocycles. The molecule has 0 aliphatic rings. The molecule has 0 aliphatic carbocycles. The molecule has 2 amide bonds. The molecule has 2 aromatic heterocycles. The van der Waals surface area contributed by atoms with E-state index in [2.05, 4.69) is 15.3 Å². The number of nitrogens with two attached hydrogens (primary N) is 1. The Morgan fingerprint density at radius 1 is 1.08 bits per heavy atom. The predicted molar refractivity (Wildman–Crippen MR) is 99.9 cm³/mol.